The minimum atomic E-state index is -0.796. The number of ether oxygens (including phenoxy) is 1. The second-order valence-electron chi connectivity index (χ2n) is 6.26. The third-order valence-corrected chi connectivity index (χ3v) is 7.18. The van der Waals surface area contributed by atoms with Gasteiger partial charge < -0.3 is 9.84 Å². The molecule has 4 aromatic rings. The Kier molecular flexibility index (Phi) is 5.72. The number of hydrogen-bond acceptors (Lipinski definition) is 6. The highest BCUT2D eigenvalue weighted by Gasteiger charge is 2.17. The molecule has 0 spiro atoms. The van der Waals surface area contributed by atoms with Crippen LogP contribution in [0.4, 0.5) is 8.78 Å². The van der Waals surface area contributed by atoms with E-state index in [4.69, 9.17) is 17.0 Å². The Morgan fingerprint density at radius 3 is 2.30 bits per heavy atom. The smallest absolute Gasteiger partial charge is 0.347 e. The maximum Gasteiger partial charge on any atom is 0.347 e. The van der Waals surface area contributed by atoms with Crippen LogP contribution >= 0.6 is 32.9 Å². The van der Waals surface area contributed by atoms with Crippen LogP contribution in [0.1, 0.15) is 10.4 Å². The van der Waals surface area contributed by atoms with Crippen LogP contribution in [0.25, 0.3) is 21.6 Å². The number of phenolic OH excluding ortho intramolecular Hbond substituents is 1. The average Bonchev–Trinajstić information content (AvgIpc) is 3.15. The van der Waals surface area contributed by atoms with E-state index in [0.29, 0.717) is 11.3 Å². The number of aromatic hydroxyl groups is 1. The van der Waals surface area contributed by atoms with E-state index in [0.717, 1.165) is 26.4 Å². The maximum atomic E-state index is 14.1. The van der Waals surface area contributed by atoms with Crippen molar-refractivity contribution in [1.82, 2.24) is 0 Å². The minimum absolute atomic E-state index is 0.105. The Morgan fingerprint density at radius 1 is 0.900 bits per heavy atom. The molecule has 1 aromatic heterocycles. The SMILES string of the molecule is O=C(Oc1ccc(-c2cc(=S)ss2)cc1)c1cc(-c2ccc(F)cc2F)ccc1O. The van der Waals surface area contributed by atoms with Gasteiger partial charge >= 0.3 is 5.97 Å². The van der Waals surface area contributed by atoms with E-state index in [9.17, 15) is 18.7 Å². The zero-order valence-electron chi connectivity index (χ0n) is 15.1. The summed E-state index contributed by atoms with van der Waals surface area (Å²) >= 11 is 5.14. The van der Waals surface area contributed by atoms with E-state index in [-0.39, 0.29) is 16.9 Å². The van der Waals surface area contributed by atoms with Gasteiger partial charge in [-0.2, -0.15) is 0 Å². The molecule has 30 heavy (non-hydrogen) atoms. The van der Waals surface area contributed by atoms with Crippen LogP contribution in [0.15, 0.2) is 66.7 Å². The summed E-state index contributed by atoms with van der Waals surface area (Å²) < 4.78 is 33.4. The lowest BCUT2D eigenvalue weighted by Gasteiger charge is -2.09. The van der Waals surface area contributed by atoms with Crippen molar-refractivity contribution in [1.29, 1.82) is 0 Å². The number of rotatable bonds is 4. The number of halogens is 2. The van der Waals surface area contributed by atoms with Crippen LogP contribution in [0.5, 0.6) is 11.5 Å². The van der Waals surface area contributed by atoms with Gasteiger partial charge in [0.05, 0.1) is 0 Å². The lowest BCUT2D eigenvalue weighted by atomic mass is 10.0. The molecule has 1 N–H and O–H groups in total. The van der Waals surface area contributed by atoms with Crippen molar-refractivity contribution in [3.63, 3.8) is 0 Å². The van der Waals surface area contributed by atoms with Crippen molar-refractivity contribution in [2.24, 2.45) is 0 Å². The van der Waals surface area contributed by atoms with Crippen LogP contribution in [0.2, 0.25) is 0 Å². The zero-order chi connectivity index (χ0) is 21.3. The first-order chi connectivity index (χ1) is 14.4. The molecule has 0 saturated carbocycles. The van der Waals surface area contributed by atoms with Gasteiger partial charge in [-0.05, 0) is 65.7 Å². The molecule has 0 aliphatic carbocycles. The summed E-state index contributed by atoms with van der Waals surface area (Å²) in [5, 5.41) is 10.1. The number of carbonyl (C=O) groups is 1. The van der Waals surface area contributed by atoms with Gasteiger partial charge in [0.1, 0.15) is 32.5 Å². The Bertz CT molecular complexity index is 1290. The largest absolute Gasteiger partial charge is 0.507 e. The topological polar surface area (TPSA) is 46.5 Å². The molecule has 0 aliphatic rings. The Hall–Kier alpha value is -2.94. The standard InChI is InChI=1S/C22H12F2O3S3/c23-14-4-7-16(18(24)10-14)13-3-8-19(25)17(9-13)22(26)27-15-5-1-12(2-6-15)20-11-21(28)30-29-20/h1-11,25H. The second-order valence-corrected chi connectivity index (χ2v) is 9.18. The Balaban J connectivity index is 1.58. The van der Waals surface area contributed by atoms with E-state index in [1.165, 1.54) is 34.6 Å². The minimum Gasteiger partial charge on any atom is -0.507 e. The van der Waals surface area contributed by atoms with Crippen molar-refractivity contribution in [3.05, 3.63) is 87.8 Å². The van der Waals surface area contributed by atoms with Crippen molar-refractivity contribution in [3.8, 4) is 33.1 Å². The van der Waals surface area contributed by atoms with Gasteiger partial charge in [0.2, 0.25) is 0 Å². The fraction of sp³-hybridized carbons (Fsp3) is 0. The molecule has 0 radical (unpaired) electrons. The fourth-order valence-corrected chi connectivity index (χ4v) is 5.21. The van der Waals surface area contributed by atoms with Gasteiger partial charge in [-0.3, -0.25) is 0 Å². The second kappa shape index (κ2) is 8.43. The predicted molar refractivity (Wildman–Crippen MR) is 117 cm³/mol. The third-order valence-electron chi connectivity index (χ3n) is 4.27. The lowest BCUT2D eigenvalue weighted by Crippen LogP contribution is -2.09. The molecule has 150 valence electrons. The molecule has 3 nitrogen and oxygen atoms in total. The van der Waals surface area contributed by atoms with Gasteiger partial charge in [-0.25, -0.2) is 13.6 Å². The van der Waals surface area contributed by atoms with Crippen molar-refractivity contribution < 1.29 is 23.4 Å². The maximum absolute atomic E-state index is 14.1. The van der Waals surface area contributed by atoms with E-state index in [1.54, 1.807) is 34.6 Å². The van der Waals surface area contributed by atoms with Crippen LogP contribution in [0.3, 0.4) is 0 Å². The number of hydrogen-bond donors (Lipinski definition) is 1. The fourth-order valence-electron chi connectivity index (χ4n) is 2.81. The summed E-state index contributed by atoms with van der Waals surface area (Å²) in [4.78, 5) is 13.6. The summed E-state index contributed by atoms with van der Waals surface area (Å²) in [7, 11) is 3.08. The molecule has 8 heteroatoms. The first-order valence-electron chi connectivity index (χ1n) is 8.62. The molecule has 0 aliphatic heterocycles. The van der Waals surface area contributed by atoms with Crippen LogP contribution in [0, 0.1) is 15.5 Å². The van der Waals surface area contributed by atoms with E-state index in [2.05, 4.69) is 0 Å². The molecule has 0 atom stereocenters. The summed E-state index contributed by atoms with van der Waals surface area (Å²) in [6.45, 7) is 0. The van der Waals surface area contributed by atoms with E-state index < -0.39 is 17.6 Å². The van der Waals surface area contributed by atoms with Gasteiger partial charge in [0.15, 0.2) is 0 Å². The van der Waals surface area contributed by atoms with E-state index in [1.807, 2.05) is 6.07 Å². The van der Waals surface area contributed by atoms with Gasteiger partial charge in [0.25, 0.3) is 0 Å². The number of phenols is 1. The Labute approximate surface area is 182 Å². The van der Waals surface area contributed by atoms with Gasteiger partial charge in [0, 0.05) is 16.5 Å². The van der Waals surface area contributed by atoms with Crippen molar-refractivity contribution >= 4 is 38.9 Å². The van der Waals surface area contributed by atoms with Crippen LogP contribution < -0.4 is 4.74 Å². The lowest BCUT2D eigenvalue weighted by molar-refractivity contribution is 0.0731. The van der Waals surface area contributed by atoms with Crippen molar-refractivity contribution in [2.45, 2.75) is 0 Å². The Morgan fingerprint density at radius 2 is 1.63 bits per heavy atom. The molecule has 4 rings (SSSR count). The molecule has 1 heterocycles. The normalized spacial score (nSPS) is 10.7. The highest BCUT2D eigenvalue weighted by atomic mass is 32.9. The monoisotopic (exact) mass is 458 g/mol. The highest BCUT2D eigenvalue weighted by molar-refractivity contribution is 7.80. The molecule has 0 amide bonds. The third kappa shape index (κ3) is 4.30. The molecule has 0 fully saturated rings. The highest BCUT2D eigenvalue weighted by Crippen LogP contribution is 2.32. The summed E-state index contributed by atoms with van der Waals surface area (Å²) in [5.41, 5.74) is 1.24. The molecule has 0 bridgehead atoms. The molecule has 3 aromatic carbocycles. The number of carbonyl (C=O) groups excluding carboxylic acids is 1. The van der Waals surface area contributed by atoms with Crippen LogP contribution in [-0.4, -0.2) is 11.1 Å². The number of benzene rings is 3. The van der Waals surface area contributed by atoms with E-state index >= 15 is 0 Å². The summed E-state index contributed by atoms with van der Waals surface area (Å²) in [6, 6.07) is 15.9. The quantitative estimate of drug-likeness (QED) is 0.154. The first-order valence-corrected chi connectivity index (χ1v) is 11.2. The van der Waals surface area contributed by atoms with Crippen molar-refractivity contribution in [2.75, 3.05) is 0 Å². The predicted octanol–water partition coefficient (Wildman–Crippen LogP) is 7.08. The van der Waals surface area contributed by atoms with Crippen LogP contribution in [-0.2, 0) is 0 Å². The average molecular weight is 459 g/mol. The molecule has 0 unspecified atom stereocenters. The summed E-state index contributed by atoms with van der Waals surface area (Å²) in [5.74, 6) is -2.28. The van der Waals surface area contributed by atoms with Gasteiger partial charge in [-0.15, -0.1) is 0 Å². The molecular formula is C22H12F2O3S3. The first kappa shape index (κ1) is 20.3. The zero-order valence-corrected chi connectivity index (χ0v) is 17.5. The van der Waals surface area contributed by atoms with Gasteiger partial charge in [-0.1, -0.05) is 39.0 Å². The molecule has 0 saturated heterocycles. The summed E-state index contributed by atoms with van der Waals surface area (Å²) in [6.07, 6.45) is 0. The molecular weight excluding hydrogens is 446 g/mol. The number of esters is 1.